The number of aliphatic carboxylic acids is 1. The van der Waals surface area contributed by atoms with E-state index in [0.717, 1.165) is 17.6 Å². The van der Waals surface area contributed by atoms with Crippen molar-refractivity contribution in [3.8, 4) is 0 Å². The molecule has 0 saturated carbocycles. The summed E-state index contributed by atoms with van der Waals surface area (Å²) in [6.07, 6.45) is 1.48. The Morgan fingerprint density at radius 2 is 2.22 bits per heavy atom. The highest BCUT2D eigenvalue weighted by Crippen LogP contribution is 2.43. The van der Waals surface area contributed by atoms with Gasteiger partial charge in [0, 0.05) is 37.3 Å². The van der Waals surface area contributed by atoms with E-state index in [-0.39, 0.29) is 28.1 Å². The molecule has 2 fully saturated rings. The topological polar surface area (TPSA) is 101 Å². The number of amides is 1. The van der Waals surface area contributed by atoms with E-state index in [0.29, 0.717) is 26.2 Å². The van der Waals surface area contributed by atoms with Crippen LogP contribution in [0.25, 0.3) is 0 Å². The number of hydrogen-bond donors (Lipinski definition) is 1. The number of carboxylic acid groups (broad SMARTS) is 1. The molecular formula is C14H17NO6S2. The van der Waals surface area contributed by atoms with Crippen LogP contribution in [0.1, 0.15) is 16.8 Å². The van der Waals surface area contributed by atoms with Crippen molar-refractivity contribution in [3.63, 3.8) is 0 Å². The van der Waals surface area contributed by atoms with Crippen molar-refractivity contribution in [2.45, 2.75) is 10.6 Å². The molecule has 2 atom stereocenters. The summed E-state index contributed by atoms with van der Waals surface area (Å²) >= 11 is 0.998. The van der Waals surface area contributed by atoms with Crippen molar-refractivity contribution in [3.05, 3.63) is 17.0 Å². The molecule has 0 spiro atoms. The van der Waals surface area contributed by atoms with Crippen LogP contribution in [0, 0.1) is 11.3 Å². The Morgan fingerprint density at radius 1 is 1.48 bits per heavy atom. The summed E-state index contributed by atoms with van der Waals surface area (Å²) < 4.78 is 28.5. The van der Waals surface area contributed by atoms with Gasteiger partial charge >= 0.3 is 5.97 Å². The van der Waals surface area contributed by atoms with Crippen LogP contribution < -0.4 is 0 Å². The van der Waals surface area contributed by atoms with Gasteiger partial charge in [0.05, 0.1) is 17.6 Å². The fraction of sp³-hybridized carbons (Fsp3) is 0.571. The van der Waals surface area contributed by atoms with Gasteiger partial charge in [-0.15, -0.1) is 11.3 Å². The summed E-state index contributed by atoms with van der Waals surface area (Å²) in [4.78, 5) is 25.8. The SMILES string of the molecule is CS(=O)(=O)c1cc(C(=O)N2C[C@H]3COCC[C@@]3(C(=O)O)C2)cs1. The van der Waals surface area contributed by atoms with E-state index in [2.05, 4.69) is 0 Å². The summed E-state index contributed by atoms with van der Waals surface area (Å²) in [6, 6.07) is 1.36. The van der Waals surface area contributed by atoms with Gasteiger partial charge in [0.15, 0.2) is 9.84 Å². The summed E-state index contributed by atoms with van der Waals surface area (Å²) in [5.74, 6) is -1.46. The van der Waals surface area contributed by atoms with E-state index in [1.807, 2.05) is 0 Å². The maximum atomic E-state index is 12.6. The number of likely N-dealkylation sites (tertiary alicyclic amines) is 1. The van der Waals surface area contributed by atoms with Crippen molar-refractivity contribution in [1.82, 2.24) is 4.90 Å². The van der Waals surface area contributed by atoms with Gasteiger partial charge in [-0.1, -0.05) is 0 Å². The molecule has 0 unspecified atom stereocenters. The van der Waals surface area contributed by atoms with E-state index < -0.39 is 21.2 Å². The molecule has 7 nitrogen and oxygen atoms in total. The van der Waals surface area contributed by atoms with Crippen molar-refractivity contribution >= 4 is 33.1 Å². The predicted octanol–water partition coefficient (Wildman–Crippen LogP) is 0.715. The monoisotopic (exact) mass is 359 g/mol. The Balaban J connectivity index is 1.84. The second kappa shape index (κ2) is 5.57. The highest BCUT2D eigenvalue weighted by molar-refractivity contribution is 7.92. The molecule has 23 heavy (non-hydrogen) atoms. The summed E-state index contributed by atoms with van der Waals surface area (Å²) in [5.41, 5.74) is -0.667. The zero-order valence-corrected chi connectivity index (χ0v) is 14.2. The van der Waals surface area contributed by atoms with Gasteiger partial charge in [-0.3, -0.25) is 9.59 Å². The van der Waals surface area contributed by atoms with Gasteiger partial charge < -0.3 is 14.7 Å². The van der Waals surface area contributed by atoms with E-state index >= 15 is 0 Å². The number of carboxylic acids is 1. The number of carbonyl (C=O) groups is 2. The fourth-order valence-corrected chi connectivity index (χ4v) is 5.05. The first kappa shape index (κ1) is 16.4. The highest BCUT2D eigenvalue weighted by atomic mass is 32.2. The largest absolute Gasteiger partial charge is 0.481 e. The third-order valence-electron chi connectivity index (χ3n) is 4.61. The Labute approximate surface area is 137 Å². The number of thiophene rings is 1. The lowest BCUT2D eigenvalue weighted by Crippen LogP contribution is -2.45. The summed E-state index contributed by atoms with van der Waals surface area (Å²) in [5, 5.41) is 11.1. The second-order valence-corrected chi connectivity index (χ2v) is 9.25. The Kier molecular flexibility index (Phi) is 3.97. The third kappa shape index (κ3) is 2.77. The Bertz CT molecular complexity index is 755. The van der Waals surface area contributed by atoms with Crippen LogP contribution in [0.3, 0.4) is 0 Å². The normalized spacial score (nSPS) is 27.7. The van der Waals surface area contributed by atoms with Crippen molar-refractivity contribution in [2.24, 2.45) is 11.3 Å². The molecule has 126 valence electrons. The van der Waals surface area contributed by atoms with Gasteiger partial charge in [-0.25, -0.2) is 8.42 Å². The van der Waals surface area contributed by atoms with E-state index in [1.165, 1.54) is 16.3 Å². The van der Waals surface area contributed by atoms with Gasteiger partial charge in [-0.05, 0) is 12.5 Å². The van der Waals surface area contributed by atoms with Gasteiger partial charge in [0.1, 0.15) is 4.21 Å². The first-order chi connectivity index (χ1) is 10.7. The lowest BCUT2D eigenvalue weighted by Gasteiger charge is -2.33. The molecule has 2 aliphatic heterocycles. The smallest absolute Gasteiger partial charge is 0.311 e. The first-order valence-corrected chi connectivity index (χ1v) is 9.90. The number of rotatable bonds is 3. The van der Waals surface area contributed by atoms with Gasteiger partial charge in [-0.2, -0.15) is 0 Å². The predicted molar refractivity (Wildman–Crippen MR) is 82.3 cm³/mol. The maximum absolute atomic E-state index is 12.6. The van der Waals surface area contributed by atoms with Crippen LogP contribution >= 0.6 is 11.3 Å². The lowest BCUT2D eigenvalue weighted by molar-refractivity contribution is -0.157. The molecule has 1 amide bonds. The number of nitrogens with zero attached hydrogens (tertiary/aromatic N) is 1. The molecule has 3 heterocycles. The zero-order valence-electron chi connectivity index (χ0n) is 12.5. The third-order valence-corrected chi connectivity index (χ3v) is 7.38. The molecule has 2 saturated heterocycles. The molecular weight excluding hydrogens is 342 g/mol. The molecule has 1 aromatic rings. The van der Waals surface area contributed by atoms with Crippen molar-refractivity contribution < 1.29 is 27.9 Å². The maximum Gasteiger partial charge on any atom is 0.311 e. The minimum absolute atomic E-state index is 0.133. The number of ether oxygens (including phenoxy) is 1. The average Bonchev–Trinajstić information content (AvgIpc) is 3.11. The molecule has 3 rings (SSSR count). The Hall–Kier alpha value is -1.45. The Morgan fingerprint density at radius 3 is 2.78 bits per heavy atom. The van der Waals surface area contributed by atoms with Crippen LogP contribution in [0.15, 0.2) is 15.7 Å². The van der Waals surface area contributed by atoms with Crippen LogP contribution in [0.4, 0.5) is 0 Å². The molecule has 9 heteroatoms. The van der Waals surface area contributed by atoms with E-state index in [4.69, 9.17) is 4.74 Å². The minimum Gasteiger partial charge on any atom is -0.481 e. The lowest BCUT2D eigenvalue weighted by atomic mass is 9.74. The number of hydrogen-bond acceptors (Lipinski definition) is 6. The first-order valence-electron chi connectivity index (χ1n) is 7.13. The minimum atomic E-state index is -3.35. The number of fused-ring (bicyclic) bond motifs is 1. The molecule has 1 aromatic heterocycles. The summed E-state index contributed by atoms with van der Waals surface area (Å²) in [7, 11) is -3.35. The molecule has 0 aromatic carbocycles. The van der Waals surface area contributed by atoms with E-state index in [1.54, 1.807) is 0 Å². The molecule has 0 radical (unpaired) electrons. The average molecular weight is 359 g/mol. The zero-order chi connectivity index (χ0) is 16.8. The second-order valence-electron chi connectivity index (χ2n) is 6.10. The van der Waals surface area contributed by atoms with Crippen LogP contribution in [-0.2, 0) is 19.4 Å². The number of carbonyl (C=O) groups excluding carboxylic acids is 1. The van der Waals surface area contributed by atoms with E-state index in [9.17, 15) is 23.1 Å². The highest BCUT2D eigenvalue weighted by Gasteiger charge is 2.55. The molecule has 0 aliphatic carbocycles. The van der Waals surface area contributed by atoms with Crippen molar-refractivity contribution in [1.29, 1.82) is 0 Å². The standard InChI is InChI=1S/C14H17NO6S2/c1-23(19,20)11-4-9(7-22-11)12(16)15-5-10-6-21-3-2-14(10,8-15)13(17)18/h4,7,10H,2-3,5-6,8H2,1H3,(H,17,18)/t10-,14+/m0/s1. The molecule has 1 N–H and O–H groups in total. The van der Waals surface area contributed by atoms with Crippen LogP contribution in [0.5, 0.6) is 0 Å². The van der Waals surface area contributed by atoms with Gasteiger partial charge in [0.2, 0.25) is 0 Å². The van der Waals surface area contributed by atoms with Crippen molar-refractivity contribution in [2.75, 3.05) is 32.6 Å². The quantitative estimate of drug-likeness (QED) is 0.853. The van der Waals surface area contributed by atoms with Crippen LogP contribution in [0.2, 0.25) is 0 Å². The summed E-state index contributed by atoms with van der Waals surface area (Å²) in [6.45, 7) is 1.16. The number of sulfone groups is 1. The van der Waals surface area contributed by atoms with Gasteiger partial charge in [0.25, 0.3) is 5.91 Å². The molecule has 2 aliphatic rings. The van der Waals surface area contributed by atoms with Crippen LogP contribution in [-0.4, -0.2) is 62.9 Å². The fourth-order valence-electron chi connectivity index (χ4n) is 3.26. The molecule has 0 bridgehead atoms.